The van der Waals surface area contributed by atoms with Crippen LogP contribution in [0.4, 0.5) is 0 Å². The van der Waals surface area contributed by atoms with Crippen molar-refractivity contribution in [3.63, 3.8) is 0 Å². The van der Waals surface area contributed by atoms with Crippen LogP contribution in [0, 0.1) is 17.8 Å². The Kier molecular flexibility index (Phi) is 8.55. The second kappa shape index (κ2) is 10.9. The molecular formula is C22H44N2O+2. The van der Waals surface area contributed by atoms with Crippen LogP contribution in [0.25, 0.3) is 0 Å². The van der Waals surface area contributed by atoms with E-state index in [-0.39, 0.29) is 0 Å². The van der Waals surface area contributed by atoms with Crippen molar-refractivity contribution in [2.75, 3.05) is 52.5 Å². The predicted molar refractivity (Wildman–Crippen MR) is 104 cm³/mol. The molecule has 0 atom stereocenters. The summed E-state index contributed by atoms with van der Waals surface area (Å²) in [7, 11) is 0. The highest BCUT2D eigenvalue weighted by Crippen LogP contribution is 2.27. The van der Waals surface area contributed by atoms with E-state index in [9.17, 15) is 0 Å². The minimum Gasteiger partial charge on any atom is -0.375 e. The molecule has 1 saturated carbocycles. The van der Waals surface area contributed by atoms with Crippen LogP contribution >= 0.6 is 0 Å². The molecule has 2 saturated heterocycles. The van der Waals surface area contributed by atoms with Crippen molar-refractivity contribution in [2.24, 2.45) is 17.8 Å². The van der Waals surface area contributed by atoms with Crippen molar-refractivity contribution in [1.29, 1.82) is 0 Å². The van der Waals surface area contributed by atoms with Gasteiger partial charge in [-0.25, -0.2) is 0 Å². The second-order valence-electron chi connectivity index (χ2n) is 9.25. The molecule has 3 rings (SSSR count). The van der Waals surface area contributed by atoms with Crippen molar-refractivity contribution in [2.45, 2.75) is 71.1 Å². The number of piperidine rings is 2. The molecule has 0 aromatic carbocycles. The maximum absolute atomic E-state index is 6.03. The fourth-order valence-electron chi connectivity index (χ4n) is 5.71. The summed E-state index contributed by atoms with van der Waals surface area (Å²) in [4.78, 5) is 3.69. The van der Waals surface area contributed by atoms with Crippen molar-refractivity contribution in [3.8, 4) is 0 Å². The smallest absolute Gasteiger partial charge is 0.101 e. The summed E-state index contributed by atoms with van der Waals surface area (Å²) in [5, 5.41) is 0. The molecule has 3 nitrogen and oxygen atoms in total. The topological polar surface area (TPSA) is 18.1 Å². The number of quaternary nitrogens is 2. The highest BCUT2D eigenvalue weighted by atomic mass is 16.5. The zero-order chi connectivity index (χ0) is 17.3. The van der Waals surface area contributed by atoms with Crippen LogP contribution in [0.3, 0.4) is 0 Å². The lowest BCUT2D eigenvalue weighted by Crippen LogP contribution is -3.14. The minimum absolute atomic E-state index is 0.871. The zero-order valence-corrected chi connectivity index (χ0v) is 16.9. The van der Waals surface area contributed by atoms with Crippen LogP contribution in [-0.4, -0.2) is 52.5 Å². The van der Waals surface area contributed by atoms with E-state index in [1.807, 2.05) is 9.80 Å². The molecule has 0 bridgehead atoms. The first-order valence-corrected chi connectivity index (χ1v) is 11.6. The van der Waals surface area contributed by atoms with Crippen LogP contribution in [0.5, 0.6) is 0 Å². The van der Waals surface area contributed by atoms with Gasteiger partial charge in [0.25, 0.3) is 0 Å². The number of ether oxygens (including phenoxy) is 1. The lowest BCUT2D eigenvalue weighted by molar-refractivity contribution is -0.910. The fraction of sp³-hybridized carbons (Fsp3) is 1.00. The summed E-state index contributed by atoms with van der Waals surface area (Å²) in [5.74, 6) is 2.95. The Balaban J connectivity index is 1.24. The molecule has 2 heterocycles. The summed E-state index contributed by atoms with van der Waals surface area (Å²) in [6.07, 6.45) is 14.5. The standard InChI is InChI=1S/C22H42N2O/c1-2-12-23-13-8-21(9-14-23)22-10-15-24(16-11-22)17-18-25-19-20-6-4-3-5-7-20/h20-22H,2-19H2,1H3/p+2. The van der Waals surface area contributed by atoms with E-state index in [1.54, 1.807) is 0 Å². The average Bonchev–Trinajstić information content (AvgIpc) is 2.68. The molecule has 0 spiro atoms. The highest BCUT2D eigenvalue weighted by Gasteiger charge is 2.32. The van der Waals surface area contributed by atoms with Gasteiger partial charge in [0.15, 0.2) is 0 Å². The maximum atomic E-state index is 6.03. The average molecular weight is 353 g/mol. The van der Waals surface area contributed by atoms with Crippen LogP contribution in [-0.2, 0) is 4.74 Å². The van der Waals surface area contributed by atoms with Gasteiger partial charge in [-0.2, -0.15) is 0 Å². The van der Waals surface area contributed by atoms with Gasteiger partial charge in [0.05, 0.1) is 39.3 Å². The van der Waals surface area contributed by atoms with Gasteiger partial charge in [-0.15, -0.1) is 0 Å². The number of likely N-dealkylation sites (tertiary alicyclic amines) is 2. The minimum atomic E-state index is 0.871. The summed E-state index contributed by atoms with van der Waals surface area (Å²) in [6.45, 7) is 12.7. The second-order valence-corrected chi connectivity index (χ2v) is 9.25. The third-order valence-corrected chi connectivity index (χ3v) is 7.42. The summed E-state index contributed by atoms with van der Waals surface area (Å²) < 4.78 is 6.03. The number of nitrogens with one attached hydrogen (secondary N) is 2. The predicted octanol–water partition coefficient (Wildman–Crippen LogP) is 1.58. The Hall–Kier alpha value is -0.120. The quantitative estimate of drug-likeness (QED) is 0.635. The largest absolute Gasteiger partial charge is 0.375 e. The first-order chi connectivity index (χ1) is 12.3. The molecule has 3 fully saturated rings. The Bertz CT molecular complexity index is 340. The van der Waals surface area contributed by atoms with Gasteiger partial charge < -0.3 is 14.5 Å². The van der Waals surface area contributed by atoms with Crippen LogP contribution in [0.15, 0.2) is 0 Å². The van der Waals surface area contributed by atoms with Crippen LogP contribution < -0.4 is 9.80 Å². The maximum Gasteiger partial charge on any atom is 0.101 e. The Morgan fingerprint density at radius 3 is 1.84 bits per heavy atom. The fourth-order valence-corrected chi connectivity index (χ4v) is 5.71. The van der Waals surface area contributed by atoms with E-state index < -0.39 is 0 Å². The van der Waals surface area contributed by atoms with E-state index in [2.05, 4.69) is 6.92 Å². The Morgan fingerprint density at radius 2 is 1.28 bits per heavy atom. The number of hydrogen-bond acceptors (Lipinski definition) is 1. The van der Waals surface area contributed by atoms with Gasteiger partial charge >= 0.3 is 0 Å². The molecule has 0 aromatic heterocycles. The Morgan fingerprint density at radius 1 is 0.720 bits per heavy atom. The van der Waals surface area contributed by atoms with Crippen LogP contribution in [0.2, 0.25) is 0 Å². The summed E-state index contributed by atoms with van der Waals surface area (Å²) in [5.41, 5.74) is 0. The molecule has 3 aliphatic rings. The monoisotopic (exact) mass is 352 g/mol. The highest BCUT2D eigenvalue weighted by molar-refractivity contribution is 4.74. The van der Waals surface area contributed by atoms with E-state index in [1.165, 1.54) is 103 Å². The SMILES string of the molecule is CCC[NH+]1CCC(C2CC[NH+](CCOCC3CCCCC3)CC2)CC1. The summed E-state index contributed by atoms with van der Waals surface area (Å²) >= 11 is 0. The van der Waals surface area contributed by atoms with Gasteiger partial charge in [-0.3, -0.25) is 0 Å². The van der Waals surface area contributed by atoms with Gasteiger partial charge in [-0.05, 0) is 62.7 Å². The molecule has 0 unspecified atom stereocenters. The van der Waals surface area contributed by atoms with Crippen molar-refractivity contribution in [3.05, 3.63) is 0 Å². The molecule has 0 radical (unpaired) electrons. The molecule has 0 amide bonds. The van der Waals surface area contributed by atoms with E-state index in [0.29, 0.717) is 0 Å². The molecule has 25 heavy (non-hydrogen) atoms. The van der Waals surface area contributed by atoms with Gasteiger partial charge in [-0.1, -0.05) is 26.2 Å². The molecule has 0 aromatic rings. The molecular weight excluding hydrogens is 308 g/mol. The molecule has 2 N–H and O–H groups in total. The lowest BCUT2D eigenvalue weighted by Gasteiger charge is -2.37. The summed E-state index contributed by atoms with van der Waals surface area (Å²) in [6, 6.07) is 0. The lowest BCUT2D eigenvalue weighted by atomic mass is 9.79. The third kappa shape index (κ3) is 6.52. The van der Waals surface area contributed by atoms with E-state index in [4.69, 9.17) is 4.74 Å². The third-order valence-electron chi connectivity index (χ3n) is 7.42. The van der Waals surface area contributed by atoms with Gasteiger partial charge in [0, 0.05) is 6.61 Å². The van der Waals surface area contributed by atoms with Crippen molar-refractivity contribution in [1.82, 2.24) is 0 Å². The molecule has 2 aliphatic heterocycles. The molecule has 3 heteroatoms. The normalized spacial score (nSPS) is 34.9. The van der Waals surface area contributed by atoms with E-state index in [0.717, 1.165) is 31.0 Å². The van der Waals surface area contributed by atoms with E-state index >= 15 is 0 Å². The molecule has 1 aliphatic carbocycles. The first kappa shape index (κ1) is 19.6. The number of hydrogen-bond donors (Lipinski definition) is 2. The zero-order valence-electron chi connectivity index (χ0n) is 16.9. The van der Waals surface area contributed by atoms with Gasteiger partial charge in [0.1, 0.15) is 6.54 Å². The van der Waals surface area contributed by atoms with Crippen molar-refractivity contribution >= 4 is 0 Å². The molecule has 146 valence electrons. The van der Waals surface area contributed by atoms with Crippen molar-refractivity contribution < 1.29 is 14.5 Å². The van der Waals surface area contributed by atoms with Gasteiger partial charge in [0.2, 0.25) is 0 Å². The first-order valence-electron chi connectivity index (χ1n) is 11.6. The Labute approximate surface area is 156 Å². The van der Waals surface area contributed by atoms with Crippen LogP contribution in [0.1, 0.15) is 71.1 Å². The number of rotatable bonds is 8.